The number of nitrogens with zero attached hydrogens (tertiary/aromatic N) is 1. The Morgan fingerprint density at radius 1 is 1.04 bits per heavy atom. The van der Waals surface area contributed by atoms with Crippen LogP contribution in [0.4, 0.5) is 0 Å². The van der Waals surface area contributed by atoms with E-state index in [1.807, 2.05) is 0 Å². The minimum absolute atomic E-state index is 0.293. The molecule has 4 heteroatoms. The molecule has 0 radical (unpaired) electrons. The van der Waals surface area contributed by atoms with Crippen LogP contribution in [0.15, 0.2) is 34.9 Å². The monoisotopic (exact) mass is 389 g/mol. The van der Waals surface area contributed by atoms with Crippen LogP contribution in [-0.2, 0) is 0 Å². The van der Waals surface area contributed by atoms with Crippen LogP contribution in [0.1, 0.15) is 37.5 Å². The molecule has 0 saturated heterocycles. The molecule has 0 aliphatic carbocycles. The standard InChI is InChI=1S/C19H29BBrNSi/c1-14-12-15(2)18(16(3)13-14)20-17(21)10-9-11-22(20)23(7,8)19(4,5)6/h9-13H,1-8H3. The summed E-state index contributed by atoms with van der Waals surface area (Å²) in [7, 11) is -1.68. The van der Waals surface area contributed by atoms with E-state index in [2.05, 4.69) is 106 Å². The Morgan fingerprint density at radius 2 is 1.57 bits per heavy atom. The van der Waals surface area contributed by atoms with Crippen LogP contribution >= 0.6 is 15.9 Å². The zero-order valence-electron chi connectivity index (χ0n) is 15.8. The van der Waals surface area contributed by atoms with Gasteiger partial charge in [0.25, 0.3) is 0 Å². The van der Waals surface area contributed by atoms with E-state index in [1.54, 1.807) is 0 Å². The van der Waals surface area contributed by atoms with Gasteiger partial charge in [0.05, 0.1) is 0 Å². The molecule has 124 valence electrons. The van der Waals surface area contributed by atoms with Crippen molar-refractivity contribution in [2.45, 2.75) is 59.7 Å². The van der Waals surface area contributed by atoms with E-state index in [0.717, 1.165) is 0 Å². The largest absolute Gasteiger partial charge is 0.440 e. The van der Waals surface area contributed by atoms with Gasteiger partial charge in [-0.2, -0.15) is 0 Å². The third-order valence-electron chi connectivity index (χ3n) is 5.53. The molecular weight excluding hydrogens is 361 g/mol. The number of hydrogen-bond acceptors (Lipinski definition) is 1. The summed E-state index contributed by atoms with van der Waals surface area (Å²) in [6, 6.07) is 4.62. The molecule has 1 aliphatic heterocycles. The normalized spacial score (nSPS) is 16.0. The van der Waals surface area contributed by atoms with Crippen molar-refractivity contribution in [3.05, 3.63) is 51.6 Å². The van der Waals surface area contributed by atoms with Gasteiger partial charge < -0.3 is 4.48 Å². The summed E-state index contributed by atoms with van der Waals surface area (Å²) in [5.74, 6) is 0. The summed E-state index contributed by atoms with van der Waals surface area (Å²) >= 11 is 3.87. The smallest absolute Gasteiger partial charge is 0.322 e. The number of aryl methyl sites for hydroxylation is 3. The summed E-state index contributed by atoms with van der Waals surface area (Å²) in [6.07, 6.45) is 6.69. The topological polar surface area (TPSA) is 3.24 Å². The number of rotatable bonds is 2. The molecule has 0 N–H and O–H groups in total. The Morgan fingerprint density at radius 3 is 2.04 bits per heavy atom. The number of hydrogen-bond donors (Lipinski definition) is 0. The lowest BCUT2D eigenvalue weighted by Gasteiger charge is -2.50. The average molecular weight is 390 g/mol. The fourth-order valence-corrected chi connectivity index (χ4v) is 6.27. The number of allylic oxidation sites excluding steroid dienone is 2. The molecule has 0 atom stereocenters. The molecule has 1 aromatic carbocycles. The number of benzene rings is 1. The van der Waals surface area contributed by atoms with Gasteiger partial charge in [0.15, 0.2) is 0 Å². The Kier molecular flexibility index (Phi) is 5.08. The molecule has 0 aromatic heterocycles. The van der Waals surface area contributed by atoms with Crippen molar-refractivity contribution in [2.24, 2.45) is 0 Å². The number of halogens is 1. The van der Waals surface area contributed by atoms with Crippen LogP contribution < -0.4 is 5.46 Å². The lowest BCUT2D eigenvalue weighted by molar-refractivity contribution is 0.653. The maximum Gasteiger partial charge on any atom is 0.322 e. The van der Waals surface area contributed by atoms with Gasteiger partial charge in [-0.1, -0.05) is 84.7 Å². The molecule has 1 aromatic rings. The fourth-order valence-electron chi connectivity index (χ4n) is 3.33. The molecule has 1 nitrogen and oxygen atoms in total. The Labute approximate surface area is 152 Å². The van der Waals surface area contributed by atoms with Crippen LogP contribution in [0.2, 0.25) is 18.1 Å². The lowest BCUT2D eigenvalue weighted by atomic mass is 9.52. The first kappa shape index (κ1) is 18.6. The van der Waals surface area contributed by atoms with Gasteiger partial charge in [0.1, 0.15) is 8.24 Å². The minimum Gasteiger partial charge on any atom is -0.440 e. The highest BCUT2D eigenvalue weighted by Crippen LogP contribution is 2.41. The van der Waals surface area contributed by atoms with E-state index in [-0.39, 0.29) is 0 Å². The van der Waals surface area contributed by atoms with Crippen molar-refractivity contribution in [1.29, 1.82) is 0 Å². The highest BCUT2D eigenvalue weighted by atomic mass is 79.9. The molecule has 0 spiro atoms. The van der Waals surface area contributed by atoms with Crippen LogP contribution in [0.3, 0.4) is 0 Å². The van der Waals surface area contributed by atoms with E-state index in [4.69, 9.17) is 0 Å². The molecule has 0 amide bonds. The highest BCUT2D eigenvalue weighted by Gasteiger charge is 2.46. The second kappa shape index (κ2) is 6.29. The molecule has 1 heterocycles. The lowest BCUT2D eigenvalue weighted by Crippen LogP contribution is -2.63. The average Bonchev–Trinajstić information content (AvgIpc) is 2.37. The molecule has 23 heavy (non-hydrogen) atoms. The van der Waals surface area contributed by atoms with E-state index in [1.165, 1.54) is 26.5 Å². The summed E-state index contributed by atoms with van der Waals surface area (Å²) in [5, 5.41) is 0.298. The third-order valence-corrected chi connectivity index (χ3v) is 11.6. The van der Waals surface area contributed by atoms with Crippen molar-refractivity contribution in [3.63, 3.8) is 0 Å². The Hall–Kier alpha value is -0.738. The van der Waals surface area contributed by atoms with Crippen molar-refractivity contribution >= 4 is 36.5 Å². The Balaban J connectivity index is 2.63. The van der Waals surface area contributed by atoms with Crippen LogP contribution in [0.25, 0.3) is 0 Å². The molecule has 0 saturated carbocycles. The van der Waals surface area contributed by atoms with Gasteiger partial charge in [-0.05, 0) is 47.9 Å². The third kappa shape index (κ3) is 3.39. The van der Waals surface area contributed by atoms with Gasteiger partial charge >= 0.3 is 6.85 Å². The van der Waals surface area contributed by atoms with Crippen molar-refractivity contribution < 1.29 is 0 Å². The summed E-state index contributed by atoms with van der Waals surface area (Å²) in [5.41, 5.74) is 5.57. The summed E-state index contributed by atoms with van der Waals surface area (Å²) < 4.78 is 3.92. The molecular formula is C19H29BBrNSi. The maximum atomic E-state index is 3.87. The molecule has 2 rings (SSSR count). The zero-order chi connectivity index (χ0) is 17.6. The highest BCUT2D eigenvalue weighted by molar-refractivity contribution is 9.12. The van der Waals surface area contributed by atoms with Gasteiger partial charge in [0, 0.05) is 0 Å². The van der Waals surface area contributed by atoms with Gasteiger partial charge in [0.2, 0.25) is 0 Å². The fraction of sp³-hybridized carbons (Fsp3) is 0.474. The first-order chi connectivity index (χ1) is 10.5. The van der Waals surface area contributed by atoms with E-state index >= 15 is 0 Å². The summed E-state index contributed by atoms with van der Waals surface area (Å²) in [4.78, 5) is 0. The predicted molar refractivity (Wildman–Crippen MR) is 111 cm³/mol. The molecule has 1 aliphatic rings. The second-order valence-corrected chi connectivity index (χ2v) is 14.4. The van der Waals surface area contributed by atoms with E-state index in [0.29, 0.717) is 11.9 Å². The second-order valence-electron chi connectivity index (χ2n) is 8.32. The van der Waals surface area contributed by atoms with Gasteiger partial charge in [-0.25, -0.2) is 0 Å². The SMILES string of the molecule is Cc1cc(C)c(B2C(Br)=CC=CN2[Si](C)(C)C(C)(C)C)c(C)c1. The summed E-state index contributed by atoms with van der Waals surface area (Å²) in [6.45, 7) is 19.1. The van der Waals surface area contributed by atoms with Crippen molar-refractivity contribution in [1.82, 2.24) is 4.48 Å². The van der Waals surface area contributed by atoms with Crippen LogP contribution in [0.5, 0.6) is 0 Å². The van der Waals surface area contributed by atoms with Gasteiger partial charge in [-0.15, -0.1) is 0 Å². The molecule has 0 bridgehead atoms. The predicted octanol–water partition coefficient (Wildman–Crippen LogP) is 5.46. The zero-order valence-corrected chi connectivity index (χ0v) is 18.4. The van der Waals surface area contributed by atoms with Crippen LogP contribution in [0, 0.1) is 20.8 Å². The molecule has 0 unspecified atom stereocenters. The van der Waals surface area contributed by atoms with Gasteiger partial charge in [-0.3, -0.25) is 0 Å². The van der Waals surface area contributed by atoms with E-state index in [9.17, 15) is 0 Å². The van der Waals surface area contributed by atoms with E-state index < -0.39 is 8.24 Å². The van der Waals surface area contributed by atoms with Crippen molar-refractivity contribution in [3.8, 4) is 0 Å². The van der Waals surface area contributed by atoms with Crippen molar-refractivity contribution in [2.75, 3.05) is 0 Å². The minimum atomic E-state index is -1.68. The maximum absolute atomic E-state index is 3.87. The Bertz CT molecular complexity index is 647. The first-order valence-electron chi connectivity index (χ1n) is 8.37. The first-order valence-corrected chi connectivity index (χ1v) is 12.1. The van der Waals surface area contributed by atoms with Crippen LogP contribution in [-0.4, -0.2) is 19.6 Å². The molecule has 0 fully saturated rings. The quantitative estimate of drug-likeness (QED) is 0.606.